The lowest BCUT2D eigenvalue weighted by atomic mass is 10.2. The van der Waals surface area contributed by atoms with Gasteiger partial charge in [-0.05, 0) is 37.1 Å². The van der Waals surface area contributed by atoms with Crippen molar-refractivity contribution in [1.82, 2.24) is 10.3 Å². The van der Waals surface area contributed by atoms with Crippen LogP contribution in [0.15, 0.2) is 42.6 Å². The van der Waals surface area contributed by atoms with Gasteiger partial charge in [0.25, 0.3) is 0 Å². The average molecular weight is 311 g/mol. The van der Waals surface area contributed by atoms with E-state index >= 15 is 0 Å². The fourth-order valence-corrected chi connectivity index (χ4v) is 2.71. The standard InChI is InChI=1S/C17H21N5O/c18-16-13(5-4-8-19-16)12-20-17(23)21-14-6-3-7-15(11-14)22-9-1-2-10-22/h3-8,11H,1-2,9-10,12H2,(H2,18,19)(H2,20,21,23). The molecule has 0 saturated carbocycles. The van der Waals surface area contributed by atoms with Crippen LogP contribution in [0.2, 0.25) is 0 Å². The quantitative estimate of drug-likeness (QED) is 0.810. The second kappa shape index (κ2) is 7.00. The number of aromatic nitrogens is 1. The second-order valence-corrected chi connectivity index (χ2v) is 5.60. The Bertz CT molecular complexity index is 682. The minimum atomic E-state index is -0.258. The van der Waals surface area contributed by atoms with Gasteiger partial charge in [-0.2, -0.15) is 0 Å². The topological polar surface area (TPSA) is 83.3 Å². The highest BCUT2D eigenvalue weighted by atomic mass is 16.2. The summed E-state index contributed by atoms with van der Waals surface area (Å²) in [7, 11) is 0. The molecule has 1 aromatic carbocycles. The van der Waals surface area contributed by atoms with Crippen LogP contribution >= 0.6 is 0 Å². The maximum atomic E-state index is 12.0. The highest BCUT2D eigenvalue weighted by Gasteiger charge is 2.12. The van der Waals surface area contributed by atoms with Gasteiger partial charge in [0.1, 0.15) is 5.82 Å². The zero-order valence-electron chi connectivity index (χ0n) is 13.0. The van der Waals surface area contributed by atoms with E-state index in [0.717, 1.165) is 30.0 Å². The molecule has 1 aromatic heterocycles. The zero-order chi connectivity index (χ0) is 16.1. The summed E-state index contributed by atoms with van der Waals surface area (Å²) >= 11 is 0. The number of nitrogens with two attached hydrogens (primary N) is 1. The molecule has 1 saturated heterocycles. The Labute approximate surface area is 135 Å². The van der Waals surface area contributed by atoms with Gasteiger partial charge >= 0.3 is 6.03 Å². The van der Waals surface area contributed by atoms with E-state index in [-0.39, 0.29) is 6.03 Å². The molecular weight excluding hydrogens is 290 g/mol. The van der Waals surface area contributed by atoms with Crippen LogP contribution in [0.5, 0.6) is 0 Å². The van der Waals surface area contributed by atoms with Crippen molar-refractivity contribution in [3.63, 3.8) is 0 Å². The average Bonchev–Trinajstić information content (AvgIpc) is 3.09. The van der Waals surface area contributed by atoms with Gasteiger partial charge in [-0.1, -0.05) is 12.1 Å². The van der Waals surface area contributed by atoms with Gasteiger partial charge in [-0.25, -0.2) is 9.78 Å². The van der Waals surface area contributed by atoms with Crippen LogP contribution in [0.1, 0.15) is 18.4 Å². The molecule has 2 amide bonds. The molecule has 1 fully saturated rings. The number of amides is 2. The van der Waals surface area contributed by atoms with Gasteiger partial charge in [-0.15, -0.1) is 0 Å². The highest BCUT2D eigenvalue weighted by Crippen LogP contribution is 2.23. The minimum Gasteiger partial charge on any atom is -0.383 e. The molecule has 0 aliphatic carbocycles. The van der Waals surface area contributed by atoms with E-state index in [4.69, 9.17) is 5.73 Å². The number of nitrogen functional groups attached to an aromatic ring is 1. The smallest absolute Gasteiger partial charge is 0.319 e. The Balaban J connectivity index is 1.57. The van der Waals surface area contributed by atoms with Crippen LogP contribution in [0.4, 0.5) is 22.0 Å². The number of rotatable bonds is 4. The van der Waals surface area contributed by atoms with E-state index in [1.165, 1.54) is 12.8 Å². The summed E-state index contributed by atoms with van der Waals surface area (Å²) in [5, 5.41) is 5.65. The Hall–Kier alpha value is -2.76. The fraction of sp³-hybridized carbons (Fsp3) is 0.294. The third kappa shape index (κ3) is 3.91. The fourth-order valence-electron chi connectivity index (χ4n) is 2.71. The predicted molar refractivity (Wildman–Crippen MR) is 92.4 cm³/mol. The van der Waals surface area contributed by atoms with E-state index in [0.29, 0.717) is 12.4 Å². The number of pyridine rings is 1. The summed E-state index contributed by atoms with van der Waals surface area (Å²) in [5.74, 6) is 0.434. The lowest BCUT2D eigenvalue weighted by molar-refractivity contribution is 0.252. The van der Waals surface area contributed by atoms with Crippen molar-refractivity contribution in [3.05, 3.63) is 48.2 Å². The van der Waals surface area contributed by atoms with Gasteiger partial charge in [0.15, 0.2) is 0 Å². The largest absolute Gasteiger partial charge is 0.383 e. The summed E-state index contributed by atoms with van der Waals surface area (Å²) in [4.78, 5) is 18.4. The van der Waals surface area contributed by atoms with Crippen molar-refractivity contribution < 1.29 is 4.79 Å². The first-order chi connectivity index (χ1) is 11.2. The maximum Gasteiger partial charge on any atom is 0.319 e. The molecule has 0 atom stereocenters. The molecule has 6 heteroatoms. The van der Waals surface area contributed by atoms with Crippen molar-refractivity contribution in [2.75, 3.05) is 29.0 Å². The van der Waals surface area contributed by atoms with Gasteiger partial charge in [-0.3, -0.25) is 0 Å². The third-order valence-electron chi connectivity index (χ3n) is 3.94. The number of anilines is 3. The number of hydrogen-bond donors (Lipinski definition) is 3. The number of benzene rings is 1. The van der Waals surface area contributed by atoms with Crippen molar-refractivity contribution in [2.45, 2.75) is 19.4 Å². The number of carbonyl (C=O) groups excluding carboxylic acids is 1. The van der Waals surface area contributed by atoms with Gasteiger partial charge < -0.3 is 21.3 Å². The van der Waals surface area contributed by atoms with Gasteiger partial charge in [0.05, 0.1) is 0 Å². The van der Waals surface area contributed by atoms with Crippen LogP contribution in [-0.4, -0.2) is 24.1 Å². The second-order valence-electron chi connectivity index (χ2n) is 5.60. The summed E-state index contributed by atoms with van der Waals surface area (Å²) in [6, 6.07) is 11.3. The summed E-state index contributed by atoms with van der Waals surface area (Å²) in [6.07, 6.45) is 4.08. The molecule has 2 heterocycles. The van der Waals surface area contributed by atoms with E-state index < -0.39 is 0 Å². The molecule has 23 heavy (non-hydrogen) atoms. The third-order valence-corrected chi connectivity index (χ3v) is 3.94. The molecule has 4 N–H and O–H groups in total. The predicted octanol–water partition coefficient (Wildman–Crippen LogP) is 2.59. The molecule has 120 valence electrons. The van der Waals surface area contributed by atoms with Crippen molar-refractivity contribution >= 4 is 23.2 Å². The number of nitrogens with zero attached hydrogens (tertiary/aromatic N) is 2. The maximum absolute atomic E-state index is 12.0. The van der Waals surface area contributed by atoms with Crippen molar-refractivity contribution in [3.8, 4) is 0 Å². The molecule has 1 aliphatic rings. The first-order valence-corrected chi connectivity index (χ1v) is 7.81. The van der Waals surface area contributed by atoms with Crippen LogP contribution in [0.3, 0.4) is 0 Å². The Morgan fingerprint density at radius 2 is 2.04 bits per heavy atom. The minimum absolute atomic E-state index is 0.258. The molecule has 3 rings (SSSR count). The molecule has 0 bridgehead atoms. The highest BCUT2D eigenvalue weighted by molar-refractivity contribution is 5.89. The lowest BCUT2D eigenvalue weighted by Gasteiger charge is -2.18. The van der Waals surface area contributed by atoms with Crippen LogP contribution in [0, 0.1) is 0 Å². The lowest BCUT2D eigenvalue weighted by Crippen LogP contribution is -2.28. The Morgan fingerprint density at radius 1 is 1.22 bits per heavy atom. The first kappa shape index (κ1) is 15.1. The summed E-state index contributed by atoms with van der Waals surface area (Å²) in [6.45, 7) is 2.50. The molecule has 0 unspecified atom stereocenters. The van der Waals surface area contributed by atoms with E-state index in [9.17, 15) is 4.79 Å². The molecule has 2 aromatic rings. The Kier molecular flexibility index (Phi) is 4.61. The monoisotopic (exact) mass is 311 g/mol. The molecule has 6 nitrogen and oxygen atoms in total. The molecule has 0 spiro atoms. The summed E-state index contributed by atoms with van der Waals surface area (Å²) in [5.41, 5.74) is 8.49. The normalized spacial score (nSPS) is 13.8. The van der Waals surface area contributed by atoms with Gasteiger partial charge in [0.2, 0.25) is 0 Å². The van der Waals surface area contributed by atoms with Gasteiger partial charge in [0, 0.05) is 42.8 Å². The molecular formula is C17H21N5O. The van der Waals surface area contributed by atoms with E-state index in [1.54, 1.807) is 12.3 Å². The van der Waals surface area contributed by atoms with Crippen molar-refractivity contribution in [2.24, 2.45) is 0 Å². The van der Waals surface area contributed by atoms with E-state index in [2.05, 4.69) is 26.6 Å². The zero-order valence-corrected chi connectivity index (χ0v) is 13.0. The van der Waals surface area contributed by atoms with E-state index in [1.807, 2.05) is 24.3 Å². The molecule has 0 radical (unpaired) electrons. The summed E-state index contributed by atoms with van der Waals surface area (Å²) < 4.78 is 0. The number of nitrogens with one attached hydrogen (secondary N) is 2. The van der Waals surface area contributed by atoms with Crippen LogP contribution in [0.25, 0.3) is 0 Å². The Morgan fingerprint density at radius 3 is 2.83 bits per heavy atom. The van der Waals surface area contributed by atoms with Crippen LogP contribution < -0.4 is 21.3 Å². The number of hydrogen-bond acceptors (Lipinski definition) is 4. The number of carbonyl (C=O) groups is 1. The van der Waals surface area contributed by atoms with Crippen LogP contribution in [-0.2, 0) is 6.54 Å². The number of urea groups is 1. The SMILES string of the molecule is Nc1ncccc1CNC(=O)Nc1cccc(N2CCCC2)c1. The molecule has 1 aliphatic heterocycles. The first-order valence-electron chi connectivity index (χ1n) is 7.81. The van der Waals surface area contributed by atoms with Crippen molar-refractivity contribution in [1.29, 1.82) is 0 Å².